The highest BCUT2D eigenvalue weighted by Gasteiger charge is 2.14. The van der Waals surface area contributed by atoms with E-state index in [9.17, 15) is 5.11 Å². The molecule has 1 aromatic heterocycles. The van der Waals surface area contributed by atoms with Gasteiger partial charge in [-0.25, -0.2) is 0 Å². The maximum Gasteiger partial charge on any atom is 0.203 e. The predicted molar refractivity (Wildman–Crippen MR) is 106 cm³/mol. The molecule has 1 atom stereocenters. The molecule has 0 saturated heterocycles. The van der Waals surface area contributed by atoms with Crippen molar-refractivity contribution in [3.8, 4) is 5.75 Å². The van der Waals surface area contributed by atoms with Gasteiger partial charge in [-0.3, -0.25) is 5.41 Å². The van der Waals surface area contributed by atoms with Gasteiger partial charge in [-0.05, 0) is 42.8 Å². The Hall–Kier alpha value is -1.95. The molecular weight excluding hydrogens is 373 g/mol. The predicted octanol–water partition coefficient (Wildman–Crippen LogP) is 3.85. The SMILES string of the molecule is CCCn1c(=N)n(CC(O)COc2ccc(Cl)cc2)c2ccccc21.Cl. The van der Waals surface area contributed by atoms with Crippen molar-refractivity contribution in [3.05, 3.63) is 59.2 Å². The second-order valence-corrected chi connectivity index (χ2v) is 6.43. The van der Waals surface area contributed by atoms with E-state index in [0.29, 0.717) is 22.9 Å². The molecule has 5 nitrogen and oxygen atoms in total. The highest BCUT2D eigenvalue weighted by Crippen LogP contribution is 2.17. The van der Waals surface area contributed by atoms with Gasteiger partial charge in [-0.1, -0.05) is 30.7 Å². The van der Waals surface area contributed by atoms with E-state index in [1.807, 2.05) is 33.4 Å². The third kappa shape index (κ3) is 4.41. The molecule has 7 heteroatoms. The van der Waals surface area contributed by atoms with Crippen molar-refractivity contribution >= 4 is 35.0 Å². The number of aryl methyl sites for hydroxylation is 1. The van der Waals surface area contributed by atoms with Crippen LogP contribution in [0.3, 0.4) is 0 Å². The summed E-state index contributed by atoms with van der Waals surface area (Å²) < 4.78 is 9.42. The van der Waals surface area contributed by atoms with Crippen molar-refractivity contribution in [3.63, 3.8) is 0 Å². The molecule has 2 aromatic carbocycles. The van der Waals surface area contributed by atoms with E-state index in [4.69, 9.17) is 21.7 Å². The summed E-state index contributed by atoms with van der Waals surface area (Å²) in [6.45, 7) is 3.34. The Balaban J connectivity index is 0.00000243. The summed E-state index contributed by atoms with van der Waals surface area (Å²) in [6.07, 6.45) is 0.234. The number of aliphatic hydroxyl groups excluding tert-OH is 1. The molecule has 0 fully saturated rings. The number of nitrogens with one attached hydrogen (secondary N) is 1. The lowest BCUT2D eigenvalue weighted by atomic mass is 10.3. The molecular formula is C19H23Cl2N3O2. The number of halogens is 2. The van der Waals surface area contributed by atoms with Crippen LogP contribution in [-0.2, 0) is 13.1 Å². The van der Waals surface area contributed by atoms with E-state index in [1.165, 1.54) is 0 Å². The van der Waals surface area contributed by atoms with Crippen LogP contribution >= 0.6 is 24.0 Å². The molecule has 1 unspecified atom stereocenters. The van der Waals surface area contributed by atoms with Gasteiger partial charge in [0.05, 0.1) is 17.6 Å². The van der Waals surface area contributed by atoms with Crippen molar-refractivity contribution < 1.29 is 9.84 Å². The van der Waals surface area contributed by atoms with Gasteiger partial charge in [-0.2, -0.15) is 0 Å². The second-order valence-electron chi connectivity index (χ2n) is 5.99. The van der Waals surface area contributed by atoms with Gasteiger partial charge in [-0.15, -0.1) is 12.4 Å². The molecule has 0 aliphatic rings. The zero-order valence-electron chi connectivity index (χ0n) is 14.6. The Morgan fingerprint density at radius 3 is 2.31 bits per heavy atom. The number of aliphatic hydroxyl groups is 1. The number of rotatable bonds is 7. The van der Waals surface area contributed by atoms with E-state index < -0.39 is 6.10 Å². The van der Waals surface area contributed by atoms with Crippen LogP contribution in [0.1, 0.15) is 13.3 Å². The summed E-state index contributed by atoms with van der Waals surface area (Å²) in [6, 6.07) is 14.9. The van der Waals surface area contributed by atoms with Gasteiger partial charge in [0.1, 0.15) is 18.5 Å². The van der Waals surface area contributed by atoms with Crippen LogP contribution in [0.15, 0.2) is 48.5 Å². The summed E-state index contributed by atoms with van der Waals surface area (Å²) in [7, 11) is 0. The number of ether oxygens (including phenoxy) is 1. The minimum absolute atomic E-state index is 0. The Kier molecular flexibility index (Phi) is 7.14. The standard InChI is InChI=1S/C19H22ClN3O2.ClH/c1-2-11-22-17-5-3-4-6-18(17)23(19(22)21)12-15(24)13-25-16-9-7-14(20)8-10-16;/h3-10,15,21,24H,2,11-13H2,1H3;1H. The largest absolute Gasteiger partial charge is 0.491 e. The summed E-state index contributed by atoms with van der Waals surface area (Å²) in [5, 5.41) is 19.5. The minimum Gasteiger partial charge on any atom is -0.491 e. The van der Waals surface area contributed by atoms with Crippen LogP contribution < -0.4 is 10.4 Å². The number of hydrogen-bond donors (Lipinski definition) is 2. The van der Waals surface area contributed by atoms with Gasteiger partial charge in [0, 0.05) is 11.6 Å². The average Bonchev–Trinajstić information content (AvgIpc) is 2.88. The lowest BCUT2D eigenvalue weighted by molar-refractivity contribution is 0.0921. The van der Waals surface area contributed by atoms with Crippen molar-refractivity contribution in [2.75, 3.05) is 6.61 Å². The highest BCUT2D eigenvalue weighted by molar-refractivity contribution is 6.30. The summed E-state index contributed by atoms with van der Waals surface area (Å²) >= 11 is 5.85. The van der Waals surface area contributed by atoms with Crippen LogP contribution in [0, 0.1) is 5.41 Å². The number of para-hydroxylation sites is 2. The summed E-state index contributed by atoms with van der Waals surface area (Å²) in [5.41, 5.74) is 2.36. The highest BCUT2D eigenvalue weighted by atomic mass is 35.5. The van der Waals surface area contributed by atoms with Gasteiger partial charge < -0.3 is 19.0 Å². The van der Waals surface area contributed by atoms with Crippen LogP contribution in [-0.4, -0.2) is 27.0 Å². The van der Waals surface area contributed by atoms with Gasteiger partial charge >= 0.3 is 0 Å². The smallest absolute Gasteiger partial charge is 0.203 e. The molecule has 0 radical (unpaired) electrons. The molecule has 26 heavy (non-hydrogen) atoms. The van der Waals surface area contributed by atoms with Crippen molar-refractivity contribution in [2.45, 2.75) is 32.5 Å². The molecule has 0 aliphatic heterocycles. The fourth-order valence-electron chi connectivity index (χ4n) is 2.92. The molecule has 0 amide bonds. The van der Waals surface area contributed by atoms with Gasteiger partial charge in [0.25, 0.3) is 0 Å². The van der Waals surface area contributed by atoms with Crippen LogP contribution in [0.25, 0.3) is 11.0 Å². The maximum atomic E-state index is 10.4. The topological polar surface area (TPSA) is 63.2 Å². The molecule has 0 aliphatic carbocycles. The van der Waals surface area contributed by atoms with Crippen molar-refractivity contribution in [1.29, 1.82) is 5.41 Å². The van der Waals surface area contributed by atoms with Gasteiger partial charge in [0.2, 0.25) is 5.62 Å². The Bertz CT molecular complexity index is 903. The molecule has 0 spiro atoms. The quantitative estimate of drug-likeness (QED) is 0.637. The number of nitrogens with zero attached hydrogens (tertiary/aromatic N) is 2. The number of aromatic nitrogens is 2. The average molecular weight is 396 g/mol. The molecule has 2 N–H and O–H groups in total. The Morgan fingerprint density at radius 2 is 1.69 bits per heavy atom. The molecule has 3 aromatic rings. The van der Waals surface area contributed by atoms with Crippen molar-refractivity contribution in [2.24, 2.45) is 0 Å². The zero-order chi connectivity index (χ0) is 17.8. The second kappa shape index (κ2) is 9.12. The summed E-state index contributed by atoms with van der Waals surface area (Å²) in [5.74, 6) is 0.660. The molecule has 140 valence electrons. The van der Waals surface area contributed by atoms with E-state index in [2.05, 4.69) is 6.92 Å². The van der Waals surface area contributed by atoms with E-state index in [-0.39, 0.29) is 19.0 Å². The molecule has 0 bridgehead atoms. The summed E-state index contributed by atoms with van der Waals surface area (Å²) in [4.78, 5) is 0. The molecule has 0 saturated carbocycles. The third-order valence-corrected chi connectivity index (χ3v) is 4.32. The van der Waals surface area contributed by atoms with E-state index in [0.717, 1.165) is 24.0 Å². The van der Waals surface area contributed by atoms with Crippen LogP contribution in [0.2, 0.25) is 5.02 Å². The van der Waals surface area contributed by atoms with E-state index in [1.54, 1.807) is 24.3 Å². The first-order valence-electron chi connectivity index (χ1n) is 8.39. The minimum atomic E-state index is -0.717. The van der Waals surface area contributed by atoms with Crippen molar-refractivity contribution in [1.82, 2.24) is 9.13 Å². The van der Waals surface area contributed by atoms with Crippen LogP contribution in [0.4, 0.5) is 0 Å². The normalized spacial score (nSPS) is 12.0. The first-order valence-corrected chi connectivity index (χ1v) is 8.77. The molecule has 3 rings (SSSR count). The Morgan fingerprint density at radius 1 is 1.08 bits per heavy atom. The zero-order valence-corrected chi connectivity index (χ0v) is 16.1. The fraction of sp³-hybridized carbons (Fsp3) is 0.316. The fourth-order valence-corrected chi connectivity index (χ4v) is 3.04. The first-order chi connectivity index (χ1) is 12.1. The number of fused-ring (bicyclic) bond motifs is 1. The van der Waals surface area contributed by atoms with Gasteiger partial charge in [0.15, 0.2) is 0 Å². The Labute approximate surface area is 163 Å². The third-order valence-electron chi connectivity index (χ3n) is 4.07. The number of imidazole rings is 1. The first kappa shape index (κ1) is 20.4. The lowest BCUT2D eigenvalue weighted by Crippen LogP contribution is -2.31. The maximum absolute atomic E-state index is 10.4. The van der Waals surface area contributed by atoms with E-state index >= 15 is 0 Å². The molecule has 1 heterocycles. The number of hydrogen-bond acceptors (Lipinski definition) is 3. The number of benzene rings is 2. The lowest BCUT2D eigenvalue weighted by Gasteiger charge is -2.14. The monoisotopic (exact) mass is 395 g/mol. The van der Waals surface area contributed by atoms with Crippen LogP contribution in [0.5, 0.6) is 5.75 Å².